The lowest BCUT2D eigenvalue weighted by Crippen LogP contribution is -2.58. The molecule has 4 unspecified atom stereocenters. The molecule has 0 bridgehead atoms. The van der Waals surface area contributed by atoms with E-state index in [0.717, 1.165) is 17.0 Å². The second-order valence-corrected chi connectivity index (χ2v) is 10.1. The Morgan fingerprint density at radius 2 is 1.73 bits per heavy atom. The van der Waals surface area contributed by atoms with Gasteiger partial charge in [0.05, 0.1) is 29.7 Å². The fraction of sp³-hybridized carbons (Fsp3) is 0.250. The largest absolute Gasteiger partial charge is 0.480 e. The summed E-state index contributed by atoms with van der Waals surface area (Å²) in [4.78, 5) is 40.6. The number of carboxylic acids is 1. The molecule has 2 amide bonds. The van der Waals surface area contributed by atoms with E-state index in [0.29, 0.717) is 16.1 Å². The summed E-state index contributed by atoms with van der Waals surface area (Å²) in [6.07, 6.45) is -4.57. The summed E-state index contributed by atoms with van der Waals surface area (Å²) < 4.78 is 45.0. The molecule has 2 aliphatic heterocycles. The molecule has 3 aromatic rings. The molecule has 2 saturated heterocycles. The first kappa shape index (κ1) is 27.6. The van der Waals surface area contributed by atoms with Gasteiger partial charge >= 0.3 is 12.1 Å². The molecule has 12 heteroatoms. The zero-order chi connectivity index (χ0) is 29.0. The number of aryl methyl sites for hydroxylation is 1. The third-order valence-corrected chi connectivity index (χ3v) is 7.72. The SMILES string of the molecule is Cc1ccc(N2C(=O)C3C(c4cccc(Oc5cccc(C(F)(F)F)c5)c4)NC(CO)(C(=O)O)C3C2=O)cc1Cl. The van der Waals surface area contributed by atoms with Gasteiger partial charge in [0.15, 0.2) is 5.54 Å². The number of carbonyl (C=O) groups excluding carboxylic acids is 2. The summed E-state index contributed by atoms with van der Waals surface area (Å²) in [5, 5.41) is 23.4. The molecule has 0 aromatic heterocycles. The summed E-state index contributed by atoms with van der Waals surface area (Å²) in [7, 11) is 0. The highest BCUT2D eigenvalue weighted by molar-refractivity contribution is 6.32. The molecule has 0 spiro atoms. The monoisotopic (exact) mass is 574 g/mol. The summed E-state index contributed by atoms with van der Waals surface area (Å²) in [5.41, 5.74) is -1.87. The molecule has 0 radical (unpaired) electrons. The van der Waals surface area contributed by atoms with Crippen LogP contribution in [0.15, 0.2) is 66.7 Å². The molecule has 4 atom stereocenters. The zero-order valence-corrected chi connectivity index (χ0v) is 21.5. The van der Waals surface area contributed by atoms with Crippen molar-refractivity contribution in [2.24, 2.45) is 11.8 Å². The van der Waals surface area contributed by atoms with Gasteiger partial charge in [0, 0.05) is 11.1 Å². The van der Waals surface area contributed by atoms with Gasteiger partial charge in [0.1, 0.15) is 11.5 Å². The Kier molecular flexibility index (Phi) is 6.85. The van der Waals surface area contributed by atoms with Crippen molar-refractivity contribution in [1.29, 1.82) is 0 Å². The number of aliphatic hydroxyl groups excluding tert-OH is 1. The van der Waals surface area contributed by atoms with Crippen LogP contribution in [0.5, 0.6) is 11.5 Å². The number of halogens is 4. The standard InChI is InChI=1S/C28H22ClF3N2O6/c1-14-8-9-17(12-20(14)29)34-24(36)21-22(25(34)37)27(13-35,26(38)39)33-23(21)15-4-2-6-18(10-15)40-19-7-3-5-16(11-19)28(30,31)32/h2-12,21-23,33,35H,13H2,1H3,(H,38,39). The second-order valence-electron chi connectivity index (χ2n) is 9.71. The number of fused-ring (bicyclic) bond motifs is 1. The van der Waals surface area contributed by atoms with E-state index in [4.69, 9.17) is 16.3 Å². The van der Waals surface area contributed by atoms with E-state index in [9.17, 15) is 37.8 Å². The van der Waals surface area contributed by atoms with Crippen LogP contribution in [0.3, 0.4) is 0 Å². The summed E-state index contributed by atoms with van der Waals surface area (Å²) in [5.74, 6) is -5.67. The molecule has 8 nitrogen and oxygen atoms in total. The van der Waals surface area contributed by atoms with Gasteiger partial charge in [-0.25, -0.2) is 4.90 Å². The molecule has 2 heterocycles. The Morgan fingerprint density at radius 1 is 1.05 bits per heavy atom. The number of benzene rings is 3. The minimum absolute atomic E-state index is 0.0889. The van der Waals surface area contributed by atoms with E-state index < -0.39 is 59.5 Å². The number of aliphatic carboxylic acids is 1. The molecule has 3 N–H and O–H groups in total. The second kappa shape index (κ2) is 9.92. The van der Waals surface area contributed by atoms with Crippen molar-refractivity contribution in [2.75, 3.05) is 11.5 Å². The van der Waals surface area contributed by atoms with E-state index in [2.05, 4.69) is 5.32 Å². The van der Waals surface area contributed by atoms with Crippen LogP contribution in [-0.4, -0.2) is 40.1 Å². The Bertz CT molecular complexity index is 1530. The van der Waals surface area contributed by atoms with Gasteiger partial charge in [-0.15, -0.1) is 0 Å². The lowest BCUT2D eigenvalue weighted by molar-refractivity contribution is -0.150. The average Bonchev–Trinajstić information content (AvgIpc) is 3.39. The van der Waals surface area contributed by atoms with Gasteiger partial charge in [0.2, 0.25) is 11.8 Å². The third kappa shape index (κ3) is 4.49. The number of aliphatic hydroxyl groups is 1. The summed E-state index contributed by atoms with van der Waals surface area (Å²) in [6, 6.07) is 13.8. The van der Waals surface area contributed by atoms with E-state index in [1.165, 1.54) is 42.5 Å². The number of hydrogen-bond acceptors (Lipinski definition) is 6. The molecule has 208 valence electrons. The van der Waals surface area contributed by atoms with E-state index in [1.807, 2.05) is 0 Å². The van der Waals surface area contributed by atoms with E-state index >= 15 is 0 Å². The number of nitrogens with one attached hydrogen (secondary N) is 1. The molecular formula is C28H22ClF3N2O6. The Balaban J connectivity index is 1.53. The van der Waals surface area contributed by atoms with Gasteiger partial charge in [-0.05, 0) is 60.5 Å². The Hall–Kier alpha value is -3.93. The van der Waals surface area contributed by atoms with Crippen LogP contribution in [0, 0.1) is 18.8 Å². The highest BCUT2D eigenvalue weighted by atomic mass is 35.5. The van der Waals surface area contributed by atoms with Gasteiger partial charge in [-0.2, -0.15) is 13.2 Å². The number of carbonyl (C=O) groups is 3. The maximum atomic E-state index is 13.7. The van der Waals surface area contributed by atoms with Crippen molar-refractivity contribution >= 4 is 35.1 Å². The molecule has 0 aliphatic carbocycles. The van der Waals surface area contributed by atoms with Crippen LogP contribution < -0.4 is 15.0 Å². The van der Waals surface area contributed by atoms with Crippen molar-refractivity contribution in [1.82, 2.24) is 5.32 Å². The minimum atomic E-state index is -4.57. The number of imide groups is 1. The Morgan fingerprint density at radius 3 is 2.35 bits per heavy atom. The van der Waals surface area contributed by atoms with Crippen LogP contribution >= 0.6 is 11.6 Å². The van der Waals surface area contributed by atoms with Crippen molar-refractivity contribution in [3.63, 3.8) is 0 Å². The van der Waals surface area contributed by atoms with Crippen LogP contribution in [0.2, 0.25) is 5.02 Å². The lowest BCUT2D eigenvalue weighted by atomic mass is 9.79. The van der Waals surface area contributed by atoms with Crippen molar-refractivity contribution in [2.45, 2.75) is 24.7 Å². The van der Waals surface area contributed by atoms with Gasteiger partial charge < -0.3 is 14.9 Å². The predicted octanol–water partition coefficient (Wildman–Crippen LogP) is 4.73. The van der Waals surface area contributed by atoms with Crippen molar-refractivity contribution in [3.05, 3.63) is 88.4 Å². The van der Waals surface area contributed by atoms with Crippen molar-refractivity contribution in [3.8, 4) is 11.5 Å². The molecule has 2 fully saturated rings. The first-order valence-electron chi connectivity index (χ1n) is 12.1. The number of nitrogens with zero attached hydrogens (tertiary/aromatic N) is 1. The van der Waals surface area contributed by atoms with E-state index in [1.54, 1.807) is 19.1 Å². The fourth-order valence-corrected chi connectivity index (χ4v) is 5.49. The maximum Gasteiger partial charge on any atom is 0.416 e. The first-order chi connectivity index (χ1) is 18.9. The van der Waals surface area contributed by atoms with Crippen LogP contribution in [0.4, 0.5) is 18.9 Å². The molecule has 0 saturated carbocycles. The number of amides is 2. The number of anilines is 1. The summed E-state index contributed by atoms with van der Waals surface area (Å²) >= 11 is 6.21. The minimum Gasteiger partial charge on any atom is -0.480 e. The number of rotatable bonds is 6. The van der Waals surface area contributed by atoms with Gasteiger partial charge in [0.25, 0.3) is 0 Å². The average molecular weight is 575 g/mol. The molecular weight excluding hydrogens is 553 g/mol. The quantitative estimate of drug-likeness (QED) is 0.365. The highest BCUT2D eigenvalue weighted by Gasteiger charge is 2.68. The van der Waals surface area contributed by atoms with Crippen LogP contribution in [0.25, 0.3) is 0 Å². The predicted molar refractivity (Wildman–Crippen MR) is 137 cm³/mol. The van der Waals surface area contributed by atoms with Crippen LogP contribution in [-0.2, 0) is 20.6 Å². The number of alkyl halides is 3. The maximum absolute atomic E-state index is 13.7. The topological polar surface area (TPSA) is 116 Å². The normalized spacial score (nSPS) is 24.4. The molecule has 2 aliphatic rings. The number of hydrogen-bond donors (Lipinski definition) is 3. The third-order valence-electron chi connectivity index (χ3n) is 7.31. The van der Waals surface area contributed by atoms with Crippen LogP contribution in [0.1, 0.15) is 22.7 Å². The number of carboxylic acid groups (broad SMARTS) is 1. The van der Waals surface area contributed by atoms with Crippen molar-refractivity contribution < 1.29 is 42.5 Å². The fourth-order valence-electron chi connectivity index (χ4n) is 5.32. The zero-order valence-electron chi connectivity index (χ0n) is 20.8. The molecule has 5 rings (SSSR count). The summed E-state index contributed by atoms with van der Waals surface area (Å²) in [6.45, 7) is 0.756. The first-order valence-corrected chi connectivity index (χ1v) is 12.5. The van der Waals surface area contributed by atoms with Gasteiger partial charge in [-0.3, -0.25) is 19.7 Å². The van der Waals surface area contributed by atoms with Gasteiger partial charge in [-0.1, -0.05) is 35.9 Å². The number of ether oxygens (including phenoxy) is 1. The van der Waals surface area contributed by atoms with E-state index in [-0.39, 0.29) is 17.2 Å². The Labute approximate surface area is 230 Å². The lowest BCUT2D eigenvalue weighted by Gasteiger charge is -2.29. The molecule has 40 heavy (non-hydrogen) atoms. The highest BCUT2D eigenvalue weighted by Crippen LogP contribution is 2.50. The molecule has 3 aromatic carbocycles. The smallest absolute Gasteiger partial charge is 0.416 e.